The molecule has 0 saturated carbocycles. The third kappa shape index (κ3) is 5.86. The molecular weight excluding hydrogens is 312 g/mol. The van der Waals surface area contributed by atoms with Crippen molar-refractivity contribution in [2.45, 2.75) is 31.7 Å². The molecule has 1 nitrogen and oxygen atoms in total. The predicted octanol–water partition coefficient (Wildman–Crippen LogP) is 4.73. The van der Waals surface area contributed by atoms with Gasteiger partial charge in [0, 0.05) is 10.6 Å². The van der Waals surface area contributed by atoms with Gasteiger partial charge in [0.15, 0.2) is 0 Å². The molecule has 0 heterocycles. The second-order valence-corrected chi connectivity index (χ2v) is 11.2. The average molecular weight is 328 g/mol. The molecular formula is C12H16F3OPS2. The molecule has 0 N–H and O–H groups in total. The topological polar surface area (TPSA) is 9.23 Å². The van der Waals surface area contributed by atoms with Crippen molar-refractivity contribution in [1.82, 2.24) is 0 Å². The van der Waals surface area contributed by atoms with E-state index in [-0.39, 0.29) is 5.25 Å². The van der Waals surface area contributed by atoms with Gasteiger partial charge in [0.1, 0.15) is 12.1 Å². The molecule has 1 aromatic carbocycles. The first kappa shape index (κ1) is 17.0. The SMILES string of the molecule is CCC(C)SP(=S)(OCC(F)(F)F)c1ccccc1. The van der Waals surface area contributed by atoms with E-state index in [0.717, 1.165) is 6.42 Å². The molecule has 0 bridgehead atoms. The van der Waals surface area contributed by atoms with Crippen LogP contribution in [-0.4, -0.2) is 18.0 Å². The van der Waals surface area contributed by atoms with Crippen molar-refractivity contribution in [3.05, 3.63) is 30.3 Å². The summed E-state index contributed by atoms with van der Waals surface area (Å²) in [6.45, 7) is 2.64. The van der Waals surface area contributed by atoms with E-state index >= 15 is 0 Å². The number of rotatable bonds is 6. The van der Waals surface area contributed by atoms with Crippen molar-refractivity contribution in [2.75, 3.05) is 6.61 Å². The van der Waals surface area contributed by atoms with Crippen LogP contribution in [-0.2, 0) is 16.3 Å². The molecule has 0 amide bonds. The Labute approximate surface area is 120 Å². The Hall–Kier alpha value is -0.0300. The monoisotopic (exact) mass is 328 g/mol. The van der Waals surface area contributed by atoms with Crippen molar-refractivity contribution in [1.29, 1.82) is 0 Å². The summed E-state index contributed by atoms with van der Waals surface area (Å²) in [5.74, 6) is 0. The molecule has 1 rings (SSSR count). The van der Waals surface area contributed by atoms with Gasteiger partial charge in [-0.1, -0.05) is 67.4 Å². The first-order valence-corrected chi connectivity index (χ1v) is 10.0. The largest absolute Gasteiger partial charge is 0.412 e. The summed E-state index contributed by atoms with van der Waals surface area (Å²) in [6.07, 6.45) is -3.51. The van der Waals surface area contributed by atoms with E-state index in [2.05, 4.69) is 0 Å². The minimum Gasteiger partial charge on any atom is -0.329 e. The normalized spacial score (nSPS) is 16.9. The van der Waals surface area contributed by atoms with E-state index in [1.54, 1.807) is 30.3 Å². The van der Waals surface area contributed by atoms with E-state index in [0.29, 0.717) is 5.30 Å². The molecule has 0 aliphatic heterocycles. The summed E-state index contributed by atoms with van der Waals surface area (Å²) in [4.78, 5) is 0. The number of benzene rings is 1. The first-order chi connectivity index (χ1) is 8.77. The van der Waals surface area contributed by atoms with Gasteiger partial charge in [-0.15, -0.1) is 0 Å². The molecule has 108 valence electrons. The quantitative estimate of drug-likeness (QED) is 0.699. The minimum absolute atomic E-state index is 0.166. The fourth-order valence-corrected chi connectivity index (χ4v) is 7.84. The predicted molar refractivity (Wildman–Crippen MR) is 79.7 cm³/mol. The molecule has 0 fully saturated rings. The maximum absolute atomic E-state index is 12.4. The van der Waals surface area contributed by atoms with E-state index in [9.17, 15) is 13.2 Å². The van der Waals surface area contributed by atoms with Crippen LogP contribution in [0.5, 0.6) is 0 Å². The van der Waals surface area contributed by atoms with Crippen molar-refractivity contribution >= 4 is 34.0 Å². The Balaban J connectivity index is 2.94. The standard InChI is InChI=1S/C12H16F3OPS2/c1-3-10(2)19-17(18,16-9-12(13,14)15)11-7-5-4-6-8-11/h4-8,10H,3,9H2,1-2H3. The lowest BCUT2D eigenvalue weighted by Gasteiger charge is -2.25. The zero-order valence-corrected chi connectivity index (χ0v) is 13.2. The number of hydrogen-bond donors (Lipinski definition) is 0. The molecule has 0 aromatic heterocycles. The molecule has 0 aliphatic rings. The van der Waals surface area contributed by atoms with Gasteiger partial charge in [0.2, 0.25) is 0 Å². The molecule has 1 aromatic rings. The maximum Gasteiger partial charge on any atom is 0.412 e. The second kappa shape index (κ2) is 7.11. The van der Waals surface area contributed by atoms with Gasteiger partial charge < -0.3 is 4.52 Å². The Morgan fingerprint density at radius 2 is 1.89 bits per heavy atom. The van der Waals surface area contributed by atoms with E-state index in [1.807, 2.05) is 13.8 Å². The Morgan fingerprint density at radius 1 is 1.32 bits per heavy atom. The first-order valence-electron chi connectivity index (χ1n) is 5.82. The lowest BCUT2D eigenvalue weighted by Crippen LogP contribution is -2.18. The number of hydrogen-bond acceptors (Lipinski definition) is 3. The van der Waals surface area contributed by atoms with Crippen LogP contribution in [0.1, 0.15) is 20.3 Å². The fraction of sp³-hybridized carbons (Fsp3) is 0.500. The summed E-state index contributed by atoms with van der Waals surface area (Å²) in [5.41, 5.74) is -2.71. The molecule has 19 heavy (non-hydrogen) atoms. The molecule has 0 radical (unpaired) electrons. The average Bonchev–Trinajstić information content (AvgIpc) is 2.36. The van der Waals surface area contributed by atoms with Crippen molar-refractivity contribution in [3.8, 4) is 0 Å². The third-order valence-electron chi connectivity index (χ3n) is 2.36. The van der Waals surface area contributed by atoms with Crippen LogP contribution in [0.3, 0.4) is 0 Å². The summed E-state index contributed by atoms with van der Waals surface area (Å²) in [7, 11) is 0. The van der Waals surface area contributed by atoms with E-state index in [4.69, 9.17) is 16.3 Å². The summed E-state index contributed by atoms with van der Waals surface area (Å²) >= 11 is 6.78. The highest BCUT2D eigenvalue weighted by Crippen LogP contribution is 2.61. The third-order valence-corrected chi connectivity index (χ3v) is 9.32. The van der Waals surface area contributed by atoms with Crippen LogP contribution >= 0.6 is 16.8 Å². The molecule has 0 spiro atoms. The number of halogens is 3. The van der Waals surface area contributed by atoms with Crippen LogP contribution in [0.15, 0.2) is 30.3 Å². The highest BCUT2D eigenvalue weighted by atomic mass is 32.9. The minimum atomic E-state index is -4.35. The summed E-state index contributed by atoms with van der Waals surface area (Å²) in [5, 5.41) is 0.846. The zero-order chi connectivity index (χ0) is 14.5. The van der Waals surface area contributed by atoms with Crippen LogP contribution in [0.4, 0.5) is 13.2 Å². The highest BCUT2D eigenvalue weighted by Gasteiger charge is 2.33. The maximum atomic E-state index is 12.4. The van der Waals surface area contributed by atoms with Crippen molar-refractivity contribution in [2.24, 2.45) is 0 Å². The Kier molecular flexibility index (Phi) is 6.37. The second-order valence-electron chi connectivity index (χ2n) is 4.05. The Bertz CT molecular complexity index is 436. The van der Waals surface area contributed by atoms with Gasteiger partial charge in [-0.25, -0.2) is 0 Å². The fourth-order valence-electron chi connectivity index (χ4n) is 1.25. The van der Waals surface area contributed by atoms with Gasteiger partial charge in [-0.05, 0) is 6.42 Å². The molecule has 0 saturated heterocycles. The van der Waals surface area contributed by atoms with Crippen LogP contribution < -0.4 is 5.30 Å². The van der Waals surface area contributed by atoms with Crippen LogP contribution in [0.25, 0.3) is 0 Å². The van der Waals surface area contributed by atoms with Crippen LogP contribution in [0, 0.1) is 0 Å². The van der Waals surface area contributed by atoms with Crippen molar-refractivity contribution in [3.63, 3.8) is 0 Å². The van der Waals surface area contributed by atoms with Gasteiger partial charge in [0.25, 0.3) is 0 Å². The van der Waals surface area contributed by atoms with Gasteiger partial charge in [-0.3, -0.25) is 0 Å². The molecule has 2 atom stereocenters. The molecule has 0 aliphatic carbocycles. The smallest absolute Gasteiger partial charge is 0.329 e. The zero-order valence-electron chi connectivity index (χ0n) is 10.7. The van der Waals surface area contributed by atoms with Crippen molar-refractivity contribution < 1.29 is 17.7 Å². The highest BCUT2D eigenvalue weighted by molar-refractivity contribution is 8.71. The van der Waals surface area contributed by atoms with Gasteiger partial charge in [-0.2, -0.15) is 13.2 Å². The van der Waals surface area contributed by atoms with Crippen LogP contribution in [0.2, 0.25) is 0 Å². The van der Waals surface area contributed by atoms with E-state index in [1.165, 1.54) is 11.4 Å². The lowest BCUT2D eigenvalue weighted by molar-refractivity contribution is -0.151. The Morgan fingerprint density at radius 3 is 2.37 bits per heavy atom. The van der Waals surface area contributed by atoms with E-state index < -0.39 is 18.2 Å². The van der Waals surface area contributed by atoms with Gasteiger partial charge >= 0.3 is 6.18 Å². The number of alkyl halides is 3. The molecule has 7 heteroatoms. The summed E-state index contributed by atoms with van der Waals surface area (Å²) < 4.78 is 42.2. The lowest BCUT2D eigenvalue weighted by atomic mass is 10.4. The van der Waals surface area contributed by atoms with Gasteiger partial charge in [0.05, 0.1) is 0 Å². The summed E-state index contributed by atoms with van der Waals surface area (Å²) in [6, 6.07) is 8.83. The molecule has 2 unspecified atom stereocenters.